The molecule has 3 N–H and O–H groups in total. The Labute approximate surface area is 162 Å². The van der Waals surface area contributed by atoms with Crippen molar-refractivity contribution in [2.45, 2.75) is 31.3 Å². The summed E-state index contributed by atoms with van der Waals surface area (Å²) in [6.45, 7) is 1.34. The molecule has 1 heterocycles. The Morgan fingerprint density at radius 1 is 1.07 bits per heavy atom. The molecule has 0 bridgehead atoms. The van der Waals surface area contributed by atoms with Gasteiger partial charge in [-0.25, -0.2) is 14.0 Å². The largest absolute Gasteiger partial charge is 0.478 e. The molecule has 2 aromatic carbocycles. The molecule has 0 radical (unpaired) electrons. The molecular weight excluding hydrogens is 363 g/mol. The predicted octanol–water partition coefficient (Wildman–Crippen LogP) is 3.12. The Bertz CT molecular complexity index is 833. The van der Waals surface area contributed by atoms with Gasteiger partial charge in [0.15, 0.2) is 0 Å². The highest BCUT2D eigenvalue weighted by molar-refractivity contribution is 5.87. The number of hydrogen-bond donors (Lipinski definition) is 3. The van der Waals surface area contributed by atoms with Crippen molar-refractivity contribution in [3.05, 3.63) is 71.0 Å². The molecule has 28 heavy (non-hydrogen) atoms. The highest BCUT2D eigenvalue weighted by Crippen LogP contribution is 2.26. The summed E-state index contributed by atoms with van der Waals surface area (Å²) in [4.78, 5) is 23.4. The van der Waals surface area contributed by atoms with Crippen molar-refractivity contribution >= 4 is 12.0 Å². The van der Waals surface area contributed by atoms with E-state index < -0.39 is 11.5 Å². The number of rotatable bonds is 6. The van der Waals surface area contributed by atoms with E-state index in [1.165, 1.54) is 24.3 Å². The molecule has 1 fully saturated rings. The number of halogens is 1. The van der Waals surface area contributed by atoms with Gasteiger partial charge >= 0.3 is 12.0 Å². The first kappa shape index (κ1) is 19.8. The van der Waals surface area contributed by atoms with Crippen molar-refractivity contribution in [1.29, 1.82) is 0 Å². The molecule has 0 aliphatic carbocycles. The number of aromatic carboxylic acids is 1. The molecule has 148 valence electrons. The van der Waals surface area contributed by atoms with E-state index in [0.29, 0.717) is 32.5 Å². The quantitative estimate of drug-likeness (QED) is 0.712. The molecule has 0 unspecified atom stereocenters. The van der Waals surface area contributed by atoms with Crippen LogP contribution in [0.2, 0.25) is 0 Å². The van der Waals surface area contributed by atoms with Gasteiger partial charge in [0.25, 0.3) is 0 Å². The normalized spacial score (nSPS) is 15.6. The summed E-state index contributed by atoms with van der Waals surface area (Å²) in [5.41, 5.74) is 1.32. The minimum absolute atomic E-state index is 0.199. The van der Waals surface area contributed by atoms with E-state index in [1.807, 2.05) is 6.07 Å². The second-order valence-electron chi connectivity index (χ2n) is 7.01. The number of ether oxygens (including phenoxy) is 1. The van der Waals surface area contributed by atoms with Crippen LogP contribution in [0.3, 0.4) is 0 Å². The van der Waals surface area contributed by atoms with Crippen molar-refractivity contribution in [2.75, 3.05) is 13.2 Å². The van der Waals surface area contributed by atoms with E-state index in [0.717, 1.165) is 11.1 Å². The number of urea groups is 1. The molecule has 2 aromatic rings. The van der Waals surface area contributed by atoms with Gasteiger partial charge in [-0.1, -0.05) is 24.3 Å². The molecule has 0 saturated carbocycles. The summed E-state index contributed by atoms with van der Waals surface area (Å²) >= 11 is 0. The standard InChI is InChI=1S/C21H23FN2O4/c22-18-3-1-2-16(12-18)13-21(8-10-28-11-9-21)24-20(27)23-14-15-4-6-17(7-5-15)19(25)26/h1-7,12H,8-11,13-14H2,(H,25,26)(H2,23,24,27). The number of carboxylic acids is 1. The van der Waals surface area contributed by atoms with Crippen LogP contribution in [0.25, 0.3) is 0 Å². The van der Waals surface area contributed by atoms with Crippen LogP contribution in [0.4, 0.5) is 9.18 Å². The SMILES string of the molecule is O=C(NCc1ccc(C(=O)O)cc1)NC1(Cc2cccc(F)c2)CCOCC1. The number of carbonyl (C=O) groups excluding carboxylic acids is 1. The van der Waals surface area contributed by atoms with E-state index in [9.17, 15) is 14.0 Å². The maximum atomic E-state index is 13.5. The van der Waals surface area contributed by atoms with Crippen LogP contribution in [-0.4, -0.2) is 35.9 Å². The van der Waals surface area contributed by atoms with Crippen LogP contribution in [0.1, 0.15) is 34.3 Å². The van der Waals surface area contributed by atoms with Gasteiger partial charge in [0.05, 0.1) is 11.1 Å². The third-order valence-electron chi connectivity index (χ3n) is 4.91. The summed E-state index contributed by atoms with van der Waals surface area (Å²) in [7, 11) is 0. The number of amides is 2. The average Bonchev–Trinajstić information content (AvgIpc) is 2.67. The highest BCUT2D eigenvalue weighted by Gasteiger charge is 2.34. The molecule has 0 aromatic heterocycles. The Morgan fingerprint density at radius 2 is 1.79 bits per heavy atom. The zero-order valence-electron chi connectivity index (χ0n) is 15.4. The summed E-state index contributed by atoms with van der Waals surface area (Å²) in [5, 5.41) is 14.8. The van der Waals surface area contributed by atoms with Gasteiger partial charge in [0.1, 0.15) is 5.82 Å². The number of benzene rings is 2. The lowest BCUT2D eigenvalue weighted by atomic mass is 9.83. The predicted molar refractivity (Wildman–Crippen MR) is 102 cm³/mol. The smallest absolute Gasteiger partial charge is 0.335 e. The van der Waals surface area contributed by atoms with Gasteiger partial charge in [-0.3, -0.25) is 0 Å². The summed E-state index contributed by atoms with van der Waals surface area (Å²) < 4.78 is 19.0. The highest BCUT2D eigenvalue weighted by atomic mass is 19.1. The Hall–Kier alpha value is -2.93. The van der Waals surface area contributed by atoms with Crippen molar-refractivity contribution in [2.24, 2.45) is 0 Å². The topological polar surface area (TPSA) is 87.7 Å². The maximum absolute atomic E-state index is 13.5. The fourth-order valence-electron chi connectivity index (χ4n) is 3.38. The lowest BCUT2D eigenvalue weighted by Crippen LogP contribution is -2.56. The Balaban J connectivity index is 1.62. The van der Waals surface area contributed by atoms with Gasteiger partial charge in [-0.2, -0.15) is 0 Å². The van der Waals surface area contributed by atoms with Crippen molar-refractivity contribution in [1.82, 2.24) is 10.6 Å². The molecule has 1 aliphatic rings. The van der Waals surface area contributed by atoms with Crippen molar-refractivity contribution in [3.8, 4) is 0 Å². The van der Waals surface area contributed by atoms with Crippen molar-refractivity contribution in [3.63, 3.8) is 0 Å². The van der Waals surface area contributed by atoms with Crippen LogP contribution in [0.5, 0.6) is 0 Å². The zero-order valence-corrected chi connectivity index (χ0v) is 15.4. The third-order valence-corrected chi connectivity index (χ3v) is 4.91. The molecule has 3 rings (SSSR count). The molecule has 0 atom stereocenters. The number of carboxylic acid groups (broad SMARTS) is 1. The van der Waals surface area contributed by atoms with Crippen molar-refractivity contribution < 1.29 is 23.8 Å². The molecule has 1 saturated heterocycles. The molecular formula is C21H23FN2O4. The second-order valence-corrected chi connectivity index (χ2v) is 7.01. The Morgan fingerprint density at radius 3 is 2.43 bits per heavy atom. The number of carbonyl (C=O) groups is 2. The molecule has 2 amide bonds. The molecule has 7 heteroatoms. The van der Waals surface area contributed by atoms with Gasteiger partial charge in [-0.05, 0) is 54.7 Å². The fraction of sp³-hybridized carbons (Fsp3) is 0.333. The summed E-state index contributed by atoms with van der Waals surface area (Å²) in [6, 6.07) is 12.4. The number of hydrogen-bond acceptors (Lipinski definition) is 3. The first-order chi connectivity index (χ1) is 13.5. The summed E-state index contributed by atoms with van der Waals surface area (Å²) in [6.07, 6.45) is 1.81. The summed E-state index contributed by atoms with van der Waals surface area (Å²) in [5.74, 6) is -1.29. The van der Waals surface area contributed by atoms with Crippen LogP contribution >= 0.6 is 0 Å². The molecule has 1 aliphatic heterocycles. The maximum Gasteiger partial charge on any atom is 0.335 e. The monoisotopic (exact) mass is 386 g/mol. The lowest BCUT2D eigenvalue weighted by molar-refractivity contribution is 0.0423. The van der Waals surface area contributed by atoms with E-state index in [4.69, 9.17) is 9.84 Å². The molecule has 0 spiro atoms. The van der Waals surface area contributed by atoms with E-state index in [-0.39, 0.29) is 24.0 Å². The van der Waals surface area contributed by atoms with Crippen LogP contribution in [0.15, 0.2) is 48.5 Å². The number of nitrogens with one attached hydrogen (secondary N) is 2. The first-order valence-corrected chi connectivity index (χ1v) is 9.16. The lowest BCUT2D eigenvalue weighted by Gasteiger charge is -2.38. The van der Waals surface area contributed by atoms with Crippen LogP contribution < -0.4 is 10.6 Å². The third kappa shape index (κ3) is 5.29. The minimum Gasteiger partial charge on any atom is -0.478 e. The zero-order chi connectivity index (χ0) is 20.0. The van der Waals surface area contributed by atoms with E-state index >= 15 is 0 Å². The van der Waals surface area contributed by atoms with Gasteiger partial charge in [0.2, 0.25) is 0 Å². The molecule has 6 nitrogen and oxygen atoms in total. The van der Waals surface area contributed by atoms with Crippen LogP contribution in [0, 0.1) is 5.82 Å². The van der Waals surface area contributed by atoms with E-state index in [2.05, 4.69) is 10.6 Å². The average molecular weight is 386 g/mol. The first-order valence-electron chi connectivity index (χ1n) is 9.16. The second kappa shape index (κ2) is 8.84. The minimum atomic E-state index is -0.990. The van der Waals surface area contributed by atoms with Crippen LogP contribution in [-0.2, 0) is 17.7 Å². The van der Waals surface area contributed by atoms with Gasteiger partial charge < -0.3 is 20.5 Å². The van der Waals surface area contributed by atoms with Gasteiger partial charge in [-0.15, -0.1) is 0 Å². The fourth-order valence-corrected chi connectivity index (χ4v) is 3.38. The van der Waals surface area contributed by atoms with Gasteiger partial charge in [0, 0.05) is 19.8 Å². The van der Waals surface area contributed by atoms with E-state index in [1.54, 1.807) is 18.2 Å². The Kier molecular flexibility index (Phi) is 6.26.